The molecule has 1 aromatic carbocycles. The molecule has 1 aliphatic rings. The van der Waals surface area contributed by atoms with Crippen LogP contribution in [0.5, 0.6) is 11.5 Å². The topological polar surface area (TPSA) is 72.8 Å². The molecule has 1 N–H and O–H groups in total. The third kappa shape index (κ3) is 2.92. The summed E-state index contributed by atoms with van der Waals surface area (Å²) in [5.74, 6) is -0.710. The summed E-state index contributed by atoms with van der Waals surface area (Å²) in [4.78, 5) is 24.0. The van der Waals surface area contributed by atoms with Crippen molar-refractivity contribution >= 4 is 11.9 Å². The Kier molecular flexibility index (Phi) is 4.42. The van der Waals surface area contributed by atoms with E-state index in [1.165, 1.54) is 0 Å². The molecule has 1 aromatic rings. The number of carbonyl (C=O) groups is 2. The van der Waals surface area contributed by atoms with E-state index in [4.69, 9.17) is 9.47 Å². The SMILES string of the molecule is Cc1c(C)c2c(c(C)c1O)CC[C@@](C)(C(=O)OC(=O)C(C)C)O2. The molecule has 0 amide bonds. The molecule has 126 valence electrons. The van der Waals surface area contributed by atoms with Gasteiger partial charge in [-0.2, -0.15) is 0 Å². The van der Waals surface area contributed by atoms with Crippen molar-refractivity contribution in [1.29, 1.82) is 0 Å². The average molecular weight is 320 g/mol. The van der Waals surface area contributed by atoms with Crippen LogP contribution in [0.25, 0.3) is 0 Å². The highest BCUT2D eigenvalue weighted by atomic mass is 16.6. The summed E-state index contributed by atoms with van der Waals surface area (Å²) in [6.45, 7) is 10.5. The molecule has 0 fully saturated rings. The van der Waals surface area contributed by atoms with Crippen LogP contribution in [0.3, 0.4) is 0 Å². The summed E-state index contributed by atoms with van der Waals surface area (Å²) in [6.07, 6.45) is 0.976. The molecular formula is C18H24O5. The lowest BCUT2D eigenvalue weighted by molar-refractivity contribution is -0.173. The average Bonchev–Trinajstić information content (AvgIpc) is 2.50. The first kappa shape index (κ1) is 17.3. The summed E-state index contributed by atoms with van der Waals surface area (Å²) in [5, 5.41) is 10.2. The van der Waals surface area contributed by atoms with E-state index < -0.39 is 17.5 Å². The van der Waals surface area contributed by atoms with Crippen molar-refractivity contribution in [2.75, 3.05) is 0 Å². The van der Waals surface area contributed by atoms with Gasteiger partial charge < -0.3 is 14.6 Å². The van der Waals surface area contributed by atoms with E-state index in [-0.39, 0.29) is 11.7 Å². The van der Waals surface area contributed by atoms with E-state index in [1.807, 2.05) is 20.8 Å². The van der Waals surface area contributed by atoms with Gasteiger partial charge in [0, 0.05) is 12.0 Å². The number of fused-ring (bicyclic) bond motifs is 1. The van der Waals surface area contributed by atoms with E-state index in [2.05, 4.69) is 0 Å². The summed E-state index contributed by atoms with van der Waals surface area (Å²) >= 11 is 0. The minimum absolute atomic E-state index is 0.269. The fourth-order valence-corrected chi connectivity index (χ4v) is 2.71. The van der Waals surface area contributed by atoms with Crippen LogP contribution in [0.2, 0.25) is 0 Å². The highest BCUT2D eigenvalue weighted by molar-refractivity contribution is 5.91. The zero-order valence-electron chi connectivity index (χ0n) is 14.6. The smallest absolute Gasteiger partial charge is 0.357 e. The lowest BCUT2D eigenvalue weighted by Crippen LogP contribution is -2.47. The van der Waals surface area contributed by atoms with E-state index in [9.17, 15) is 14.7 Å². The van der Waals surface area contributed by atoms with E-state index in [0.717, 1.165) is 22.3 Å². The van der Waals surface area contributed by atoms with Crippen LogP contribution in [-0.2, 0) is 20.7 Å². The Morgan fingerprint density at radius 2 is 1.78 bits per heavy atom. The first-order valence-electron chi connectivity index (χ1n) is 7.85. The van der Waals surface area contributed by atoms with Crippen molar-refractivity contribution < 1.29 is 24.2 Å². The van der Waals surface area contributed by atoms with Crippen LogP contribution in [0.15, 0.2) is 0 Å². The molecule has 0 aromatic heterocycles. The number of phenolic OH excluding ortho intramolecular Hbond substituents is 1. The standard InChI is InChI=1S/C18H24O5/c1-9(2)16(20)22-17(21)18(6)8-7-13-12(5)14(19)10(3)11(4)15(13)23-18/h9,19H,7-8H2,1-6H3/t18-/m0/s1. The first-order valence-corrected chi connectivity index (χ1v) is 7.85. The number of aromatic hydroxyl groups is 1. The molecule has 1 atom stereocenters. The van der Waals surface area contributed by atoms with Gasteiger partial charge in [0.2, 0.25) is 5.60 Å². The van der Waals surface area contributed by atoms with Crippen molar-refractivity contribution in [2.45, 2.75) is 60.0 Å². The Labute approximate surface area is 136 Å². The van der Waals surface area contributed by atoms with Gasteiger partial charge in [-0.25, -0.2) is 4.79 Å². The summed E-state index contributed by atoms with van der Waals surface area (Å²) in [5.41, 5.74) is 2.02. The highest BCUT2D eigenvalue weighted by Crippen LogP contribution is 2.43. The predicted molar refractivity (Wildman–Crippen MR) is 85.6 cm³/mol. The maximum atomic E-state index is 12.4. The summed E-state index contributed by atoms with van der Waals surface area (Å²) in [6, 6.07) is 0. The largest absolute Gasteiger partial charge is 0.507 e. The maximum absolute atomic E-state index is 12.4. The molecular weight excluding hydrogens is 296 g/mol. The Balaban J connectivity index is 2.36. The first-order chi connectivity index (χ1) is 10.6. The van der Waals surface area contributed by atoms with Crippen LogP contribution in [0, 0.1) is 26.7 Å². The van der Waals surface area contributed by atoms with Crippen LogP contribution in [0.1, 0.15) is 49.4 Å². The van der Waals surface area contributed by atoms with E-state index >= 15 is 0 Å². The maximum Gasteiger partial charge on any atom is 0.357 e. The second-order valence-corrected chi connectivity index (χ2v) is 6.73. The van der Waals surface area contributed by atoms with Gasteiger partial charge in [0.1, 0.15) is 11.5 Å². The Morgan fingerprint density at radius 3 is 2.35 bits per heavy atom. The molecule has 0 saturated carbocycles. The third-order valence-corrected chi connectivity index (χ3v) is 4.62. The van der Waals surface area contributed by atoms with Gasteiger partial charge in [-0.3, -0.25) is 4.79 Å². The van der Waals surface area contributed by atoms with Gasteiger partial charge in [-0.05, 0) is 50.8 Å². The molecule has 23 heavy (non-hydrogen) atoms. The summed E-state index contributed by atoms with van der Waals surface area (Å²) in [7, 11) is 0. The number of benzene rings is 1. The van der Waals surface area contributed by atoms with Gasteiger partial charge in [-0.1, -0.05) is 13.8 Å². The van der Waals surface area contributed by atoms with Gasteiger partial charge in [0.05, 0.1) is 5.92 Å². The van der Waals surface area contributed by atoms with Crippen molar-refractivity contribution in [2.24, 2.45) is 5.92 Å². The summed E-state index contributed by atoms with van der Waals surface area (Å²) < 4.78 is 10.9. The zero-order chi connectivity index (χ0) is 17.5. The van der Waals surface area contributed by atoms with Crippen LogP contribution in [-0.4, -0.2) is 22.6 Å². The van der Waals surface area contributed by atoms with E-state index in [1.54, 1.807) is 20.8 Å². The van der Waals surface area contributed by atoms with Crippen molar-refractivity contribution in [1.82, 2.24) is 0 Å². The highest BCUT2D eigenvalue weighted by Gasteiger charge is 2.43. The second kappa shape index (κ2) is 5.87. The Bertz CT molecular complexity index is 675. The number of carbonyl (C=O) groups excluding carboxylic acids is 2. The monoisotopic (exact) mass is 320 g/mol. The van der Waals surface area contributed by atoms with E-state index in [0.29, 0.717) is 18.6 Å². The molecule has 1 heterocycles. The quantitative estimate of drug-likeness (QED) is 0.669. The lowest BCUT2D eigenvalue weighted by atomic mass is 9.87. The van der Waals surface area contributed by atoms with Crippen LogP contribution < -0.4 is 4.74 Å². The number of rotatable bonds is 2. The zero-order valence-corrected chi connectivity index (χ0v) is 14.6. The van der Waals surface area contributed by atoms with Gasteiger partial charge in [-0.15, -0.1) is 0 Å². The molecule has 0 aliphatic carbocycles. The minimum atomic E-state index is -1.20. The predicted octanol–water partition coefficient (Wildman–Crippen LogP) is 3.13. The Morgan fingerprint density at radius 1 is 1.17 bits per heavy atom. The number of ether oxygens (including phenoxy) is 2. The molecule has 0 radical (unpaired) electrons. The molecule has 1 aliphatic heterocycles. The van der Waals surface area contributed by atoms with Crippen molar-refractivity contribution in [3.63, 3.8) is 0 Å². The van der Waals surface area contributed by atoms with Gasteiger partial charge >= 0.3 is 11.9 Å². The molecule has 0 bridgehead atoms. The number of esters is 2. The van der Waals surface area contributed by atoms with Crippen LogP contribution in [0.4, 0.5) is 0 Å². The van der Waals surface area contributed by atoms with Crippen LogP contribution >= 0.6 is 0 Å². The number of phenols is 1. The van der Waals surface area contributed by atoms with Crippen molar-refractivity contribution in [3.05, 3.63) is 22.3 Å². The molecule has 5 heteroatoms. The molecule has 2 rings (SSSR count). The third-order valence-electron chi connectivity index (χ3n) is 4.62. The lowest BCUT2D eigenvalue weighted by Gasteiger charge is -2.35. The van der Waals surface area contributed by atoms with Gasteiger partial charge in [0.15, 0.2) is 0 Å². The molecule has 0 unspecified atom stereocenters. The second-order valence-electron chi connectivity index (χ2n) is 6.73. The normalized spacial score (nSPS) is 20.0. The molecule has 0 saturated heterocycles. The minimum Gasteiger partial charge on any atom is -0.507 e. The fraction of sp³-hybridized carbons (Fsp3) is 0.556. The fourth-order valence-electron chi connectivity index (χ4n) is 2.71. The Hall–Kier alpha value is -2.04. The van der Waals surface area contributed by atoms with Crippen molar-refractivity contribution in [3.8, 4) is 11.5 Å². The number of hydrogen-bond acceptors (Lipinski definition) is 5. The molecule has 0 spiro atoms. The van der Waals surface area contributed by atoms with Gasteiger partial charge in [0.25, 0.3) is 0 Å². The molecule has 5 nitrogen and oxygen atoms in total. The number of hydrogen-bond donors (Lipinski definition) is 1.